The Kier molecular flexibility index (Phi) is 2.61. The maximum atomic E-state index is 12.0. The van der Waals surface area contributed by atoms with E-state index in [0.29, 0.717) is 11.6 Å². The van der Waals surface area contributed by atoms with Crippen molar-refractivity contribution in [3.8, 4) is 0 Å². The van der Waals surface area contributed by atoms with Crippen LogP contribution in [0.2, 0.25) is 5.02 Å². The Bertz CT molecular complexity index is 727. The van der Waals surface area contributed by atoms with E-state index in [1.54, 1.807) is 4.57 Å². The Morgan fingerprint density at radius 1 is 1.35 bits per heavy atom. The molecule has 2 aromatic rings. The molecule has 2 heterocycles. The van der Waals surface area contributed by atoms with E-state index in [0.717, 1.165) is 21.4 Å². The first-order chi connectivity index (χ1) is 8.24. The molecule has 3 rings (SSSR count). The van der Waals surface area contributed by atoms with Crippen LogP contribution in [0.3, 0.4) is 0 Å². The van der Waals surface area contributed by atoms with Gasteiger partial charge in [-0.3, -0.25) is 14.4 Å². The number of fused-ring (bicyclic) bond motifs is 1. The number of hydrogen-bond donors (Lipinski definition) is 0. The molecular weight excluding hydrogens is 256 g/mol. The van der Waals surface area contributed by atoms with Crippen LogP contribution in [0.5, 0.6) is 0 Å². The number of halogens is 1. The monoisotopic (exact) mass is 264 g/mol. The van der Waals surface area contributed by atoms with Crippen LogP contribution in [0.25, 0.3) is 6.08 Å². The predicted molar refractivity (Wildman–Crippen MR) is 69.2 cm³/mol. The molecule has 5 heteroatoms. The second-order valence-corrected chi connectivity index (χ2v) is 5.23. The van der Waals surface area contributed by atoms with Gasteiger partial charge in [0.2, 0.25) is 0 Å². The third kappa shape index (κ3) is 1.94. The Hall–Kier alpha value is -1.39. The molecule has 0 fully saturated rings. The maximum Gasteiger partial charge on any atom is 0.270 e. The normalized spacial score (nSPS) is 14.8. The van der Waals surface area contributed by atoms with E-state index in [9.17, 15) is 4.79 Å². The molecule has 0 atom stereocenters. The van der Waals surface area contributed by atoms with E-state index >= 15 is 0 Å². The molecule has 0 saturated carbocycles. The van der Waals surface area contributed by atoms with E-state index in [1.165, 1.54) is 11.3 Å². The van der Waals surface area contributed by atoms with Crippen LogP contribution in [-0.2, 0) is 6.54 Å². The second-order valence-electron chi connectivity index (χ2n) is 3.78. The van der Waals surface area contributed by atoms with Crippen molar-refractivity contribution in [2.75, 3.05) is 6.54 Å². The summed E-state index contributed by atoms with van der Waals surface area (Å²) in [4.78, 5) is 17.1. The molecule has 17 heavy (non-hydrogen) atoms. The summed E-state index contributed by atoms with van der Waals surface area (Å²) in [6, 6.07) is 7.43. The zero-order valence-electron chi connectivity index (χ0n) is 8.89. The van der Waals surface area contributed by atoms with Gasteiger partial charge >= 0.3 is 0 Å². The molecule has 0 radical (unpaired) electrons. The maximum absolute atomic E-state index is 12.0. The lowest BCUT2D eigenvalue weighted by Crippen LogP contribution is -2.29. The number of hydrogen-bond acceptors (Lipinski definition) is 3. The second kappa shape index (κ2) is 4.13. The van der Waals surface area contributed by atoms with Gasteiger partial charge in [0.1, 0.15) is 0 Å². The number of benzene rings is 1. The van der Waals surface area contributed by atoms with E-state index in [-0.39, 0.29) is 5.56 Å². The summed E-state index contributed by atoms with van der Waals surface area (Å²) in [5, 5.41) is 0.697. The predicted octanol–water partition coefficient (Wildman–Crippen LogP) is 1.03. The zero-order chi connectivity index (χ0) is 11.8. The van der Waals surface area contributed by atoms with Crippen molar-refractivity contribution in [2.45, 2.75) is 6.54 Å². The largest absolute Gasteiger partial charge is 0.282 e. The highest BCUT2D eigenvalue weighted by Crippen LogP contribution is 2.09. The molecule has 0 bridgehead atoms. The van der Waals surface area contributed by atoms with Gasteiger partial charge in [-0.1, -0.05) is 35.1 Å². The lowest BCUT2D eigenvalue weighted by molar-refractivity contribution is 0.740. The topological polar surface area (TPSA) is 34.4 Å². The van der Waals surface area contributed by atoms with E-state index < -0.39 is 0 Å². The van der Waals surface area contributed by atoms with Crippen LogP contribution in [-0.4, -0.2) is 11.1 Å². The molecular formula is C12H9ClN2OS. The average Bonchev–Trinajstić information content (AvgIpc) is 2.87. The summed E-state index contributed by atoms with van der Waals surface area (Å²) in [6.45, 7) is 1.43. The zero-order valence-corrected chi connectivity index (χ0v) is 10.5. The van der Waals surface area contributed by atoms with Crippen molar-refractivity contribution in [3.05, 3.63) is 54.5 Å². The van der Waals surface area contributed by atoms with Gasteiger partial charge in [0.05, 0.1) is 11.1 Å². The smallest absolute Gasteiger partial charge is 0.270 e. The van der Waals surface area contributed by atoms with Gasteiger partial charge in [0.15, 0.2) is 4.80 Å². The fourth-order valence-electron chi connectivity index (χ4n) is 1.78. The lowest BCUT2D eigenvalue weighted by Gasteiger charge is -1.91. The molecule has 86 valence electrons. The molecule has 1 aromatic heterocycles. The number of nitrogens with zero attached hydrogens (tertiary/aromatic N) is 2. The van der Waals surface area contributed by atoms with Crippen LogP contribution in [0.1, 0.15) is 5.56 Å². The molecule has 1 aromatic carbocycles. The minimum absolute atomic E-state index is 0.0567. The number of thiazole rings is 1. The first-order valence-electron chi connectivity index (χ1n) is 5.25. The summed E-state index contributed by atoms with van der Waals surface area (Å²) in [6.07, 6.45) is 1.88. The van der Waals surface area contributed by atoms with Crippen molar-refractivity contribution < 1.29 is 0 Å². The van der Waals surface area contributed by atoms with Crippen LogP contribution in [0.4, 0.5) is 0 Å². The Labute approximate surface area is 106 Å². The first kappa shape index (κ1) is 10.7. The first-order valence-corrected chi connectivity index (χ1v) is 6.45. The highest BCUT2D eigenvalue weighted by molar-refractivity contribution is 7.07. The molecule has 0 unspecified atom stereocenters. The van der Waals surface area contributed by atoms with Gasteiger partial charge < -0.3 is 0 Å². The lowest BCUT2D eigenvalue weighted by atomic mass is 10.2. The van der Waals surface area contributed by atoms with Crippen LogP contribution in [0.15, 0.2) is 34.1 Å². The molecule has 1 aliphatic rings. The fraction of sp³-hybridized carbons (Fsp3) is 0.167. The SMILES string of the molecule is O=c1/c(=C\c2ccc(Cl)cc2)sc2n1CCN=2. The molecule has 1 aliphatic heterocycles. The minimum atomic E-state index is 0.0567. The van der Waals surface area contributed by atoms with Crippen molar-refractivity contribution in [2.24, 2.45) is 4.99 Å². The van der Waals surface area contributed by atoms with Crippen LogP contribution < -0.4 is 14.9 Å². The van der Waals surface area contributed by atoms with Gasteiger partial charge in [0, 0.05) is 11.6 Å². The summed E-state index contributed by atoms with van der Waals surface area (Å²) in [5.74, 6) is 0. The van der Waals surface area contributed by atoms with Crippen molar-refractivity contribution >= 4 is 29.0 Å². The summed E-state index contributed by atoms with van der Waals surface area (Å²) < 4.78 is 2.46. The highest BCUT2D eigenvalue weighted by Gasteiger charge is 2.09. The molecule has 0 aliphatic carbocycles. The Morgan fingerprint density at radius 2 is 2.12 bits per heavy atom. The third-order valence-electron chi connectivity index (χ3n) is 2.63. The van der Waals surface area contributed by atoms with Crippen LogP contribution in [0, 0.1) is 0 Å². The standard InChI is InChI=1S/C12H9ClN2OS/c13-9-3-1-8(2-4-9)7-10-11(16)15-6-5-14-12(15)17-10/h1-4,7H,5-6H2/b10-7+. The molecule has 0 N–H and O–H groups in total. The third-order valence-corrected chi connectivity index (χ3v) is 3.92. The van der Waals surface area contributed by atoms with Crippen molar-refractivity contribution in [3.63, 3.8) is 0 Å². The van der Waals surface area contributed by atoms with Crippen molar-refractivity contribution in [1.29, 1.82) is 0 Å². The van der Waals surface area contributed by atoms with Crippen molar-refractivity contribution in [1.82, 2.24) is 4.57 Å². The minimum Gasteiger partial charge on any atom is -0.282 e. The average molecular weight is 265 g/mol. The van der Waals surface area contributed by atoms with Gasteiger partial charge in [-0.15, -0.1) is 0 Å². The summed E-state index contributed by atoms with van der Waals surface area (Å²) in [5.41, 5.74) is 1.04. The van der Waals surface area contributed by atoms with E-state index in [2.05, 4.69) is 4.99 Å². The van der Waals surface area contributed by atoms with E-state index in [1.807, 2.05) is 30.3 Å². The fourth-order valence-corrected chi connectivity index (χ4v) is 2.93. The Balaban J connectivity index is 2.17. The summed E-state index contributed by atoms with van der Waals surface area (Å²) >= 11 is 7.26. The summed E-state index contributed by atoms with van der Waals surface area (Å²) in [7, 11) is 0. The van der Waals surface area contributed by atoms with Gasteiger partial charge in [-0.05, 0) is 23.8 Å². The van der Waals surface area contributed by atoms with Gasteiger partial charge in [-0.25, -0.2) is 0 Å². The molecule has 0 amide bonds. The van der Waals surface area contributed by atoms with Gasteiger partial charge in [-0.2, -0.15) is 0 Å². The number of aromatic nitrogens is 1. The van der Waals surface area contributed by atoms with Crippen LogP contribution >= 0.6 is 22.9 Å². The highest BCUT2D eigenvalue weighted by atomic mass is 35.5. The Morgan fingerprint density at radius 3 is 2.82 bits per heavy atom. The van der Waals surface area contributed by atoms with Gasteiger partial charge in [0.25, 0.3) is 5.56 Å². The molecule has 0 saturated heterocycles. The number of rotatable bonds is 1. The quantitative estimate of drug-likeness (QED) is 0.757. The molecule has 3 nitrogen and oxygen atoms in total. The molecule has 0 spiro atoms. The van der Waals surface area contributed by atoms with E-state index in [4.69, 9.17) is 11.6 Å².